The third-order valence-electron chi connectivity index (χ3n) is 5.56. The number of rotatable bonds is 6. The zero-order valence-corrected chi connectivity index (χ0v) is 21.3. The van der Waals surface area contributed by atoms with E-state index >= 15 is 0 Å². The lowest BCUT2D eigenvalue weighted by atomic mass is 10.1. The van der Waals surface area contributed by atoms with Crippen LogP contribution in [0.5, 0.6) is 5.75 Å². The minimum atomic E-state index is -4.72. The zero-order valence-electron chi connectivity index (χ0n) is 19.0. The van der Waals surface area contributed by atoms with Gasteiger partial charge in [0, 0.05) is 19.2 Å². The van der Waals surface area contributed by atoms with Crippen LogP contribution in [-0.4, -0.2) is 39.6 Å². The number of benzene rings is 2. The molecule has 0 amide bonds. The highest BCUT2D eigenvalue weighted by atomic mass is 35.5. The van der Waals surface area contributed by atoms with Crippen LogP contribution in [0.3, 0.4) is 0 Å². The third kappa shape index (κ3) is 6.33. The van der Waals surface area contributed by atoms with Crippen molar-refractivity contribution in [1.29, 1.82) is 0 Å². The van der Waals surface area contributed by atoms with Crippen molar-refractivity contribution >= 4 is 38.6 Å². The van der Waals surface area contributed by atoms with E-state index in [9.17, 15) is 34.8 Å². The van der Waals surface area contributed by atoms with E-state index in [-0.39, 0.29) is 25.4 Å². The Kier molecular flexibility index (Phi) is 7.45. The average Bonchev–Trinajstić information content (AvgIpc) is 3.38. The van der Waals surface area contributed by atoms with Gasteiger partial charge in [0.2, 0.25) is 0 Å². The molecule has 2 aromatic carbocycles. The molecule has 1 aliphatic rings. The fourth-order valence-electron chi connectivity index (χ4n) is 3.81. The molecule has 0 bridgehead atoms. The summed E-state index contributed by atoms with van der Waals surface area (Å²) in [6, 6.07) is 7.96. The van der Waals surface area contributed by atoms with Crippen LogP contribution in [0.1, 0.15) is 17.5 Å². The molecule has 1 atom stereocenters. The second-order valence-electron chi connectivity index (χ2n) is 8.43. The summed E-state index contributed by atoms with van der Waals surface area (Å²) in [7, 11) is -2.54. The largest absolute Gasteiger partial charge is 0.488 e. The number of alkyl halides is 6. The van der Waals surface area contributed by atoms with Gasteiger partial charge in [-0.3, -0.25) is 4.72 Å². The number of halogens is 7. The molecule has 1 aromatic heterocycles. The van der Waals surface area contributed by atoms with Gasteiger partial charge < -0.3 is 9.64 Å². The number of nitrogens with zero attached hydrogens (tertiary/aromatic N) is 1. The molecule has 0 aliphatic carbocycles. The van der Waals surface area contributed by atoms with Crippen LogP contribution in [0.4, 0.5) is 32.0 Å². The van der Waals surface area contributed by atoms with Crippen LogP contribution in [0.2, 0.25) is 5.02 Å². The number of nitrogens with one attached hydrogen (secondary N) is 1. The van der Waals surface area contributed by atoms with E-state index in [1.807, 2.05) is 4.90 Å². The molecule has 37 heavy (non-hydrogen) atoms. The molecule has 1 aliphatic heterocycles. The van der Waals surface area contributed by atoms with E-state index in [4.69, 9.17) is 16.3 Å². The number of anilines is 1. The van der Waals surface area contributed by atoms with E-state index < -0.39 is 45.4 Å². The van der Waals surface area contributed by atoms with Crippen molar-refractivity contribution in [2.24, 2.45) is 0 Å². The van der Waals surface area contributed by atoms with E-state index in [0.29, 0.717) is 30.8 Å². The third-order valence-corrected chi connectivity index (χ3v) is 9.01. The highest BCUT2D eigenvalue weighted by Crippen LogP contribution is 2.42. The highest BCUT2D eigenvalue weighted by Gasteiger charge is 2.36. The van der Waals surface area contributed by atoms with Gasteiger partial charge in [0.15, 0.2) is 0 Å². The van der Waals surface area contributed by atoms with Gasteiger partial charge >= 0.3 is 12.4 Å². The number of thiophene rings is 1. The lowest BCUT2D eigenvalue weighted by Gasteiger charge is -2.19. The number of likely N-dealkylation sites (N-methyl/N-ethyl adjacent to an activating group) is 1. The molecule has 1 N–H and O–H groups in total. The Morgan fingerprint density at radius 1 is 1.05 bits per heavy atom. The molecule has 1 fully saturated rings. The van der Waals surface area contributed by atoms with E-state index in [2.05, 4.69) is 4.72 Å². The van der Waals surface area contributed by atoms with Crippen LogP contribution >= 0.6 is 22.9 Å². The molecule has 5 nitrogen and oxygen atoms in total. The Balaban J connectivity index is 1.63. The van der Waals surface area contributed by atoms with Crippen molar-refractivity contribution in [2.75, 3.05) is 24.9 Å². The molecule has 2 heterocycles. The van der Waals surface area contributed by atoms with Crippen LogP contribution in [0.15, 0.2) is 52.7 Å². The van der Waals surface area contributed by atoms with Gasteiger partial charge in [0.05, 0.1) is 26.7 Å². The maximum absolute atomic E-state index is 13.5. The second kappa shape index (κ2) is 10.0. The Morgan fingerprint density at radius 3 is 2.41 bits per heavy atom. The van der Waals surface area contributed by atoms with E-state index in [1.54, 1.807) is 7.05 Å². The van der Waals surface area contributed by atoms with Crippen LogP contribution in [0.25, 0.3) is 10.4 Å². The predicted molar refractivity (Wildman–Crippen MR) is 129 cm³/mol. The molecular weight excluding hydrogens is 566 g/mol. The summed E-state index contributed by atoms with van der Waals surface area (Å²) in [5, 5.41) is -0.0912. The number of likely N-dealkylation sites (tertiary alicyclic amines) is 1. The van der Waals surface area contributed by atoms with E-state index in [1.165, 1.54) is 12.1 Å². The summed E-state index contributed by atoms with van der Waals surface area (Å²) in [6.45, 7) is 1.06. The summed E-state index contributed by atoms with van der Waals surface area (Å²) in [6.07, 6.45) is -9.32. The first-order valence-corrected chi connectivity index (χ1v) is 13.4. The first-order chi connectivity index (χ1) is 17.1. The lowest BCUT2D eigenvalue weighted by molar-refractivity contribution is -0.139. The van der Waals surface area contributed by atoms with Gasteiger partial charge in [0.25, 0.3) is 10.0 Å². The standard InChI is InChI=1S/C23H19ClF6N2O3S2/c1-32-8-7-16(12-32)35-19-10-15(5-6-17(19)23(28,29)30)31-37(33,34)20-11-18(24)21(36-20)13-3-2-4-14(9-13)22(25,26)27/h2-6,9-11,16,31H,7-8,12H2,1H3/t16-/m1/s1. The molecule has 200 valence electrons. The number of ether oxygens (including phenoxy) is 1. The minimum Gasteiger partial charge on any atom is -0.488 e. The second-order valence-corrected chi connectivity index (χ2v) is 11.8. The summed E-state index contributed by atoms with van der Waals surface area (Å²) < 4.78 is 113. The summed E-state index contributed by atoms with van der Waals surface area (Å²) in [4.78, 5) is 1.99. The van der Waals surface area contributed by atoms with E-state index in [0.717, 1.165) is 36.4 Å². The van der Waals surface area contributed by atoms with Crippen LogP contribution < -0.4 is 9.46 Å². The SMILES string of the molecule is CN1CC[C@@H](Oc2cc(NS(=O)(=O)c3cc(Cl)c(-c4cccc(C(F)(F)F)c4)s3)ccc2C(F)(F)F)C1. The molecule has 0 saturated carbocycles. The number of hydrogen-bond acceptors (Lipinski definition) is 5. The molecule has 4 rings (SSSR count). The number of sulfonamides is 1. The first-order valence-electron chi connectivity index (χ1n) is 10.7. The summed E-state index contributed by atoms with van der Waals surface area (Å²) in [5.74, 6) is -0.512. The average molecular weight is 585 g/mol. The molecule has 0 spiro atoms. The fourth-order valence-corrected chi connectivity index (χ4v) is 6.67. The molecule has 14 heteroatoms. The minimum absolute atomic E-state index is 0.0676. The molecule has 3 aromatic rings. The van der Waals surface area contributed by atoms with Crippen molar-refractivity contribution in [2.45, 2.75) is 29.1 Å². The van der Waals surface area contributed by atoms with Crippen LogP contribution in [-0.2, 0) is 22.4 Å². The molecule has 1 saturated heterocycles. The summed E-state index contributed by atoms with van der Waals surface area (Å²) >= 11 is 6.78. The Bertz CT molecular complexity index is 1410. The van der Waals surface area contributed by atoms with Crippen molar-refractivity contribution in [1.82, 2.24) is 4.90 Å². The van der Waals surface area contributed by atoms with Crippen molar-refractivity contribution < 1.29 is 39.5 Å². The van der Waals surface area contributed by atoms with Crippen molar-refractivity contribution in [3.63, 3.8) is 0 Å². The normalized spacial score (nSPS) is 17.2. The summed E-state index contributed by atoms with van der Waals surface area (Å²) in [5.41, 5.74) is -2.09. The van der Waals surface area contributed by atoms with Crippen molar-refractivity contribution in [3.8, 4) is 16.2 Å². The Morgan fingerprint density at radius 2 is 1.78 bits per heavy atom. The number of hydrogen-bond donors (Lipinski definition) is 1. The highest BCUT2D eigenvalue weighted by molar-refractivity contribution is 7.94. The molecule has 0 radical (unpaired) electrons. The Labute approximate surface area is 217 Å². The van der Waals surface area contributed by atoms with Gasteiger partial charge in [-0.25, -0.2) is 8.42 Å². The van der Waals surface area contributed by atoms with Crippen LogP contribution in [0, 0.1) is 0 Å². The molecular formula is C23H19ClF6N2O3S2. The lowest BCUT2D eigenvalue weighted by Crippen LogP contribution is -2.23. The quantitative estimate of drug-likeness (QED) is 0.317. The van der Waals surface area contributed by atoms with Gasteiger partial charge in [-0.1, -0.05) is 23.7 Å². The van der Waals surface area contributed by atoms with Gasteiger partial charge in [-0.05, 0) is 49.4 Å². The van der Waals surface area contributed by atoms with Gasteiger partial charge in [-0.2, -0.15) is 26.3 Å². The van der Waals surface area contributed by atoms with Crippen molar-refractivity contribution in [3.05, 3.63) is 64.7 Å². The zero-order chi connectivity index (χ0) is 27.2. The monoisotopic (exact) mass is 584 g/mol. The molecule has 0 unspecified atom stereocenters. The van der Waals surface area contributed by atoms with Gasteiger partial charge in [0.1, 0.15) is 16.1 Å². The smallest absolute Gasteiger partial charge is 0.419 e. The fraction of sp³-hybridized carbons (Fsp3) is 0.304. The predicted octanol–water partition coefficient (Wildman–Crippen LogP) is 6.99. The maximum atomic E-state index is 13.5. The Hall–Kier alpha value is -2.48. The first kappa shape index (κ1) is 27.6. The van der Waals surface area contributed by atoms with Gasteiger partial charge in [-0.15, -0.1) is 11.3 Å². The maximum Gasteiger partial charge on any atom is 0.419 e. The topological polar surface area (TPSA) is 58.6 Å².